The summed E-state index contributed by atoms with van der Waals surface area (Å²) in [5.74, 6) is -0.179. The fourth-order valence-electron chi connectivity index (χ4n) is 1.25. The summed E-state index contributed by atoms with van der Waals surface area (Å²) in [7, 11) is 0. The Bertz CT molecular complexity index is 520. The molecule has 0 aliphatic rings. The Hall–Kier alpha value is -2.43. The van der Waals surface area contributed by atoms with E-state index in [2.05, 4.69) is 15.3 Å². The molecule has 86 valence electrons. The summed E-state index contributed by atoms with van der Waals surface area (Å²) >= 11 is 0. The lowest BCUT2D eigenvalue weighted by molar-refractivity contribution is 0.102. The molecule has 0 aliphatic carbocycles. The maximum absolute atomic E-state index is 11.7. The predicted octanol–water partition coefficient (Wildman–Crippen LogP) is 1.74. The highest BCUT2D eigenvalue weighted by molar-refractivity contribution is 6.02. The minimum atomic E-state index is -0.330. The van der Waals surface area contributed by atoms with Crippen molar-refractivity contribution in [1.82, 2.24) is 9.97 Å². The molecule has 0 unspecified atom stereocenters. The third kappa shape index (κ3) is 2.78. The molecule has 0 aliphatic heterocycles. The largest absolute Gasteiger partial charge is 0.508 e. The summed E-state index contributed by atoms with van der Waals surface area (Å²) in [4.78, 5) is 19.7. The molecule has 1 aromatic carbocycles. The van der Waals surface area contributed by atoms with Crippen molar-refractivity contribution in [3.05, 3.63) is 48.0 Å². The number of anilines is 1. The monoisotopic (exact) mass is 229 g/mol. The highest BCUT2D eigenvalue weighted by atomic mass is 16.3. The molecule has 2 N–H and O–H groups in total. The van der Waals surface area contributed by atoms with Crippen LogP contribution in [0.15, 0.2) is 36.7 Å². The minimum absolute atomic E-state index is 0.151. The summed E-state index contributed by atoms with van der Waals surface area (Å²) in [6, 6.07) is 6.20. The van der Waals surface area contributed by atoms with Gasteiger partial charge in [-0.1, -0.05) is 0 Å². The van der Waals surface area contributed by atoms with Crippen molar-refractivity contribution in [3.8, 4) is 5.75 Å². The Morgan fingerprint density at radius 2 is 1.88 bits per heavy atom. The number of hydrogen-bond acceptors (Lipinski definition) is 4. The fraction of sp³-hybridized carbons (Fsp3) is 0.0833. The first-order chi connectivity index (χ1) is 8.15. The van der Waals surface area contributed by atoms with Gasteiger partial charge < -0.3 is 10.4 Å². The Balaban J connectivity index is 2.11. The van der Waals surface area contributed by atoms with Crippen LogP contribution < -0.4 is 5.32 Å². The van der Waals surface area contributed by atoms with Crippen LogP contribution in [0.3, 0.4) is 0 Å². The number of amides is 1. The van der Waals surface area contributed by atoms with Crippen molar-refractivity contribution in [3.63, 3.8) is 0 Å². The molecule has 1 aromatic heterocycles. The van der Waals surface area contributed by atoms with E-state index in [9.17, 15) is 4.79 Å². The lowest BCUT2D eigenvalue weighted by Gasteiger charge is -2.04. The number of carbonyl (C=O) groups is 1. The van der Waals surface area contributed by atoms with Gasteiger partial charge >= 0.3 is 0 Å². The van der Waals surface area contributed by atoms with Gasteiger partial charge in [0.1, 0.15) is 11.4 Å². The van der Waals surface area contributed by atoms with E-state index in [0.717, 1.165) is 5.69 Å². The van der Waals surface area contributed by atoms with Crippen molar-refractivity contribution in [2.75, 3.05) is 5.32 Å². The van der Waals surface area contributed by atoms with E-state index in [1.807, 2.05) is 0 Å². The molecule has 2 aromatic rings. The van der Waals surface area contributed by atoms with Crippen molar-refractivity contribution < 1.29 is 9.90 Å². The number of phenolic OH excluding ortho intramolecular Hbond substituents is 1. The van der Waals surface area contributed by atoms with Crippen LogP contribution in [0.25, 0.3) is 0 Å². The average Bonchev–Trinajstić information content (AvgIpc) is 2.33. The second-order valence-electron chi connectivity index (χ2n) is 3.54. The first-order valence-electron chi connectivity index (χ1n) is 5.04. The Morgan fingerprint density at radius 3 is 2.47 bits per heavy atom. The van der Waals surface area contributed by atoms with Gasteiger partial charge in [0.15, 0.2) is 0 Å². The van der Waals surface area contributed by atoms with E-state index in [0.29, 0.717) is 5.69 Å². The van der Waals surface area contributed by atoms with Crippen molar-refractivity contribution in [2.24, 2.45) is 0 Å². The van der Waals surface area contributed by atoms with Crippen LogP contribution in [-0.2, 0) is 0 Å². The molecular formula is C12H11N3O2. The molecule has 0 fully saturated rings. The van der Waals surface area contributed by atoms with Gasteiger partial charge in [0.2, 0.25) is 0 Å². The van der Waals surface area contributed by atoms with Crippen LogP contribution >= 0.6 is 0 Å². The molecule has 1 heterocycles. The molecule has 5 nitrogen and oxygen atoms in total. The maximum Gasteiger partial charge on any atom is 0.275 e. The molecule has 0 saturated heterocycles. The van der Waals surface area contributed by atoms with Crippen LogP contribution in [0.4, 0.5) is 5.69 Å². The third-order valence-electron chi connectivity index (χ3n) is 2.14. The molecule has 0 spiro atoms. The Morgan fingerprint density at radius 1 is 1.18 bits per heavy atom. The number of aryl methyl sites for hydroxylation is 1. The zero-order valence-corrected chi connectivity index (χ0v) is 9.21. The van der Waals surface area contributed by atoms with Crippen molar-refractivity contribution in [2.45, 2.75) is 6.92 Å². The van der Waals surface area contributed by atoms with E-state index in [4.69, 9.17) is 5.11 Å². The van der Waals surface area contributed by atoms with Gasteiger partial charge in [0, 0.05) is 11.9 Å². The molecule has 17 heavy (non-hydrogen) atoms. The highest BCUT2D eigenvalue weighted by Gasteiger charge is 2.07. The van der Waals surface area contributed by atoms with Gasteiger partial charge in [0.05, 0.1) is 11.9 Å². The van der Waals surface area contributed by atoms with Gasteiger partial charge in [-0.3, -0.25) is 9.78 Å². The van der Waals surface area contributed by atoms with Crippen LogP contribution in [0.5, 0.6) is 5.75 Å². The molecule has 5 heteroatoms. The summed E-state index contributed by atoms with van der Waals surface area (Å²) < 4.78 is 0. The summed E-state index contributed by atoms with van der Waals surface area (Å²) in [6.45, 7) is 1.80. The first kappa shape index (κ1) is 11.1. The van der Waals surface area contributed by atoms with Gasteiger partial charge in [-0.05, 0) is 31.2 Å². The number of rotatable bonds is 2. The lowest BCUT2D eigenvalue weighted by Crippen LogP contribution is -2.13. The number of benzene rings is 1. The van der Waals surface area contributed by atoms with Gasteiger partial charge in [-0.15, -0.1) is 0 Å². The van der Waals surface area contributed by atoms with Crippen LogP contribution in [0.2, 0.25) is 0 Å². The second kappa shape index (κ2) is 4.61. The van der Waals surface area contributed by atoms with E-state index in [1.165, 1.54) is 24.5 Å². The highest BCUT2D eigenvalue weighted by Crippen LogP contribution is 2.14. The van der Waals surface area contributed by atoms with E-state index in [-0.39, 0.29) is 17.4 Å². The molecule has 0 atom stereocenters. The number of phenols is 1. The van der Waals surface area contributed by atoms with Gasteiger partial charge in [0.25, 0.3) is 5.91 Å². The maximum atomic E-state index is 11.7. The summed E-state index contributed by atoms with van der Waals surface area (Å²) in [5.41, 5.74) is 1.60. The molecular weight excluding hydrogens is 218 g/mol. The fourth-order valence-corrected chi connectivity index (χ4v) is 1.25. The molecule has 2 rings (SSSR count). The van der Waals surface area contributed by atoms with E-state index < -0.39 is 0 Å². The zero-order chi connectivity index (χ0) is 12.3. The summed E-state index contributed by atoms with van der Waals surface area (Å²) in [5, 5.41) is 11.8. The molecule has 0 bridgehead atoms. The topological polar surface area (TPSA) is 75.1 Å². The SMILES string of the molecule is Cc1cnc(C(=O)Nc2ccc(O)cc2)cn1. The number of aromatic nitrogens is 2. The summed E-state index contributed by atoms with van der Waals surface area (Å²) in [6.07, 6.45) is 2.96. The van der Waals surface area contributed by atoms with Gasteiger partial charge in [-0.25, -0.2) is 4.98 Å². The number of aromatic hydroxyl groups is 1. The standard InChI is InChI=1S/C12H11N3O2/c1-8-6-14-11(7-13-8)12(17)15-9-2-4-10(16)5-3-9/h2-7,16H,1H3,(H,15,17). The normalized spacial score (nSPS) is 9.94. The second-order valence-corrected chi connectivity index (χ2v) is 3.54. The molecule has 0 radical (unpaired) electrons. The Labute approximate surface area is 98.2 Å². The third-order valence-corrected chi connectivity index (χ3v) is 2.14. The van der Waals surface area contributed by atoms with E-state index >= 15 is 0 Å². The molecule has 0 saturated carbocycles. The molecule has 1 amide bonds. The van der Waals surface area contributed by atoms with Crippen LogP contribution in [0, 0.1) is 6.92 Å². The van der Waals surface area contributed by atoms with Gasteiger partial charge in [-0.2, -0.15) is 0 Å². The number of hydrogen-bond donors (Lipinski definition) is 2. The van der Waals surface area contributed by atoms with Crippen molar-refractivity contribution >= 4 is 11.6 Å². The smallest absolute Gasteiger partial charge is 0.275 e. The quantitative estimate of drug-likeness (QED) is 0.769. The number of nitrogens with one attached hydrogen (secondary N) is 1. The average molecular weight is 229 g/mol. The van der Waals surface area contributed by atoms with Crippen LogP contribution in [0.1, 0.15) is 16.2 Å². The number of nitrogens with zero attached hydrogens (tertiary/aromatic N) is 2. The Kier molecular flexibility index (Phi) is 3.00. The van der Waals surface area contributed by atoms with Crippen LogP contribution in [-0.4, -0.2) is 21.0 Å². The number of carbonyl (C=O) groups excluding carboxylic acids is 1. The van der Waals surface area contributed by atoms with Crippen molar-refractivity contribution in [1.29, 1.82) is 0 Å². The van der Waals surface area contributed by atoms with E-state index in [1.54, 1.807) is 19.1 Å². The minimum Gasteiger partial charge on any atom is -0.508 e. The first-order valence-corrected chi connectivity index (χ1v) is 5.04. The predicted molar refractivity (Wildman–Crippen MR) is 62.8 cm³/mol. The lowest BCUT2D eigenvalue weighted by atomic mass is 10.3. The zero-order valence-electron chi connectivity index (χ0n) is 9.21.